The molecule has 0 atom stereocenters. The number of nitrogens with one attached hydrogen (secondary N) is 1. The Kier molecular flexibility index (Phi) is 5.69. The van der Waals surface area contributed by atoms with Crippen LogP contribution in [0.3, 0.4) is 0 Å². The van der Waals surface area contributed by atoms with Gasteiger partial charge in [0.15, 0.2) is 0 Å². The van der Waals surface area contributed by atoms with E-state index in [1.807, 2.05) is 46.8 Å². The van der Waals surface area contributed by atoms with Gasteiger partial charge in [0.25, 0.3) is 5.91 Å². The number of rotatable bonds is 6. The lowest BCUT2D eigenvalue weighted by Gasteiger charge is -2.19. The van der Waals surface area contributed by atoms with Gasteiger partial charge in [-0.2, -0.15) is 0 Å². The molecule has 2 aromatic heterocycles. The minimum absolute atomic E-state index is 0.227. The Hall–Kier alpha value is -3.87. The molecule has 0 bridgehead atoms. The first-order valence-electron chi connectivity index (χ1n) is 11.1. The van der Waals surface area contributed by atoms with Crippen molar-refractivity contribution >= 4 is 22.9 Å². The highest BCUT2D eigenvalue weighted by Gasteiger charge is 2.18. The predicted molar refractivity (Wildman–Crippen MR) is 127 cm³/mol. The largest absolute Gasteiger partial charge is 0.486 e. The van der Waals surface area contributed by atoms with Crippen LogP contribution in [-0.2, 0) is 6.61 Å². The number of anilines is 2. The van der Waals surface area contributed by atoms with E-state index in [2.05, 4.69) is 10.3 Å². The molecule has 4 aromatic rings. The molecule has 1 saturated heterocycles. The van der Waals surface area contributed by atoms with Crippen molar-refractivity contribution in [2.45, 2.75) is 26.4 Å². The Bertz CT molecular complexity index is 1310. The number of carbonyl (C=O) groups excluding carboxylic acids is 1. The fourth-order valence-electron chi connectivity index (χ4n) is 4.20. The van der Waals surface area contributed by atoms with E-state index < -0.39 is 0 Å². The molecule has 7 heteroatoms. The van der Waals surface area contributed by atoms with E-state index in [1.54, 1.807) is 30.3 Å². The van der Waals surface area contributed by atoms with Crippen molar-refractivity contribution < 1.29 is 13.9 Å². The topological polar surface area (TPSA) is 58.9 Å². The summed E-state index contributed by atoms with van der Waals surface area (Å²) < 4.78 is 22.5. The van der Waals surface area contributed by atoms with Crippen LogP contribution in [0.4, 0.5) is 15.8 Å². The fourth-order valence-corrected chi connectivity index (χ4v) is 4.20. The van der Waals surface area contributed by atoms with Crippen LogP contribution in [0.5, 0.6) is 5.75 Å². The summed E-state index contributed by atoms with van der Waals surface area (Å²) in [5.74, 6) is -0.246. The Labute approximate surface area is 191 Å². The van der Waals surface area contributed by atoms with E-state index >= 15 is 0 Å². The van der Waals surface area contributed by atoms with Crippen molar-refractivity contribution in [3.05, 3.63) is 89.6 Å². The second kappa shape index (κ2) is 8.94. The maximum Gasteiger partial charge on any atom is 0.259 e. The standard InChI is InChI=1S/C26H25FN4O2/c1-18-7-6-14-31-16-20(28-25(18)31)17-33-24-9-3-2-8-21(24)26(32)29-19-10-11-23(22(27)15-19)30-12-4-5-13-30/h2-3,6-11,14-16H,4-5,12-13,17H2,1H3,(H,29,32). The summed E-state index contributed by atoms with van der Waals surface area (Å²) in [6.07, 6.45) is 6.00. The Balaban J connectivity index is 1.30. The van der Waals surface area contributed by atoms with Crippen LogP contribution in [0.15, 0.2) is 67.0 Å². The van der Waals surface area contributed by atoms with Gasteiger partial charge in [-0.25, -0.2) is 9.37 Å². The summed E-state index contributed by atoms with van der Waals surface area (Å²) in [7, 11) is 0. The number of pyridine rings is 1. The van der Waals surface area contributed by atoms with Crippen LogP contribution in [0.2, 0.25) is 0 Å². The van der Waals surface area contributed by atoms with E-state index in [4.69, 9.17) is 4.74 Å². The third kappa shape index (κ3) is 4.39. The predicted octanol–water partition coefficient (Wildman–Crippen LogP) is 5.21. The molecule has 1 aliphatic heterocycles. The number of fused-ring (bicyclic) bond motifs is 1. The van der Waals surface area contributed by atoms with Gasteiger partial charge in [0.2, 0.25) is 0 Å². The Morgan fingerprint density at radius 3 is 2.73 bits per heavy atom. The molecule has 0 saturated carbocycles. The maximum absolute atomic E-state index is 14.6. The SMILES string of the molecule is Cc1cccn2cc(COc3ccccc3C(=O)Nc3ccc(N4CCCC4)c(F)c3)nc12. The summed E-state index contributed by atoms with van der Waals surface area (Å²) in [5.41, 5.74) is 4.08. The molecule has 1 amide bonds. The number of hydrogen-bond donors (Lipinski definition) is 1. The van der Waals surface area contributed by atoms with Crippen molar-refractivity contribution in [3.8, 4) is 5.75 Å². The van der Waals surface area contributed by atoms with E-state index in [-0.39, 0.29) is 18.3 Å². The second-order valence-corrected chi connectivity index (χ2v) is 8.25. The molecular weight excluding hydrogens is 419 g/mol. The number of hydrogen-bond acceptors (Lipinski definition) is 4. The molecule has 5 rings (SSSR count). The third-order valence-electron chi connectivity index (χ3n) is 5.89. The van der Waals surface area contributed by atoms with E-state index in [1.165, 1.54) is 6.07 Å². The van der Waals surface area contributed by atoms with E-state index in [0.29, 0.717) is 22.7 Å². The summed E-state index contributed by atoms with van der Waals surface area (Å²) in [4.78, 5) is 19.6. The van der Waals surface area contributed by atoms with Crippen LogP contribution in [0, 0.1) is 12.7 Å². The maximum atomic E-state index is 14.6. The summed E-state index contributed by atoms with van der Waals surface area (Å²) in [6, 6.07) is 15.8. The van der Waals surface area contributed by atoms with Crippen LogP contribution in [-0.4, -0.2) is 28.4 Å². The number of nitrogens with zero attached hydrogens (tertiary/aromatic N) is 3. The lowest BCUT2D eigenvalue weighted by Crippen LogP contribution is -2.19. The highest BCUT2D eigenvalue weighted by atomic mass is 19.1. The lowest BCUT2D eigenvalue weighted by molar-refractivity contribution is 0.102. The van der Waals surface area contributed by atoms with Gasteiger partial charge >= 0.3 is 0 Å². The van der Waals surface area contributed by atoms with E-state index in [9.17, 15) is 9.18 Å². The van der Waals surface area contributed by atoms with Gasteiger partial charge in [0.1, 0.15) is 23.8 Å². The number of para-hydroxylation sites is 1. The normalized spacial score (nSPS) is 13.5. The zero-order valence-electron chi connectivity index (χ0n) is 18.4. The van der Waals surface area contributed by atoms with Gasteiger partial charge in [-0.05, 0) is 61.7 Å². The number of amides is 1. The first-order valence-corrected chi connectivity index (χ1v) is 11.1. The first kappa shape index (κ1) is 21.0. The van der Waals surface area contributed by atoms with Crippen molar-refractivity contribution in [3.63, 3.8) is 0 Å². The fraction of sp³-hybridized carbons (Fsp3) is 0.231. The molecule has 1 aliphatic rings. The minimum atomic E-state index is -0.357. The molecule has 0 aliphatic carbocycles. The Morgan fingerprint density at radius 1 is 1.12 bits per heavy atom. The van der Waals surface area contributed by atoms with Gasteiger partial charge in [-0.15, -0.1) is 0 Å². The van der Waals surface area contributed by atoms with Gasteiger partial charge < -0.3 is 19.4 Å². The van der Waals surface area contributed by atoms with Gasteiger partial charge in [-0.3, -0.25) is 4.79 Å². The zero-order chi connectivity index (χ0) is 22.8. The van der Waals surface area contributed by atoms with Crippen molar-refractivity contribution in [2.75, 3.05) is 23.3 Å². The lowest BCUT2D eigenvalue weighted by atomic mass is 10.1. The third-order valence-corrected chi connectivity index (χ3v) is 5.89. The first-order chi connectivity index (χ1) is 16.1. The molecule has 1 N–H and O–H groups in total. The number of imidazole rings is 1. The molecule has 0 radical (unpaired) electrons. The number of aryl methyl sites for hydroxylation is 1. The summed E-state index contributed by atoms with van der Waals surface area (Å²) in [5, 5.41) is 2.79. The van der Waals surface area contributed by atoms with Crippen molar-refractivity contribution in [1.29, 1.82) is 0 Å². The number of ether oxygens (including phenoxy) is 1. The molecule has 1 fully saturated rings. The average Bonchev–Trinajstić information content (AvgIpc) is 3.49. The van der Waals surface area contributed by atoms with Gasteiger partial charge in [-0.1, -0.05) is 18.2 Å². The molecule has 168 valence electrons. The highest BCUT2D eigenvalue weighted by molar-refractivity contribution is 6.06. The molecule has 2 aromatic carbocycles. The quantitative estimate of drug-likeness (QED) is 0.443. The average molecular weight is 445 g/mol. The van der Waals surface area contributed by atoms with Crippen molar-refractivity contribution in [2.24, 2.45) is 0 Å². The monoisotopic (exact) mass is 444 g/mol. The van der Waals surface area contributed by atoms with E-state index in [0.717, 1.165) is 42.8 Å². The second-order valence-electron chi connectivity index (χ2n) is 8.25. The minimum Gasteiger partial charge on any atom is -0.486 e. The zero-order valence-corrected chi connectivity index (χ0v) is 18.4. The van der Waals surface area contributed by atoms with Crippen LogP contribution < -0.4 is 15.0 Å². The summed E-state index contributed by atoms with van der Waals surface area (Å²) in [6.45, 7) is 3.95. The summed E-state index contributed by atoms with van der Waals surface area (Å²) >= 11 is 0. The molecule has 0 unspecified atom stereocenters. The molecule has 6 nitrogen and oxygen atoms in total. The van der Waals surface area contributed by atoms with Gasteiger partial charge in [0.05, 0.1) is 16.9 Å². The number of benzene rings is 2. The number of aromatic nitrogens is 2. The molecular formula is C26H25FN4O2. The van der Waals surface area contributed by atoms with Gasteiger partial charge in [0, 0.05) is 31.2 Å². The number of halogens is 1. The van der Waals surface area contributed by atoms with Crippen LogP contribution >= 0.6 is 0 Å². The molecule has 3 heterocycles. The number of carbonyl (C=O) groups is 1. The Morgan fingerprint density at radius 2 is 1.94 bits per heavy atom. The van der Waals surface area contributed by atoms with Crippen LogP contribution in [0.25, 0.3) is 5.65 Å². The molecule has 0 spiro atoms. The van der Waals surface area contributed by atoms with Crippen molar-refractivity contribution in [1.82, 2.24) is 9.38 Å². The smallest absolute Gasteiger partial charge is 0.259 e. The highest BCUT2D eigenvalue weighted by Crippen LogP contribution is 2.27. The van der Waals surface area contributed by atoms with Crippen LogP contribution in [0.1, 0.15) is 34.5 Å². The molecule has 33 heavy (non-hydrogen) atoms.